The molecule has 7 heteroatoms. The predicted octanol–water partition coefficient (Wildman–Crippen LogP) is 6.03. The summed E-state index contributed by atoms with van der Waals surface area (Å²) in [4.78, 5) is 8.14. The SMILES string of the molecule is Cc1ccc(Cl)c(Nc2ncc(F)c(Nc3cc(C)ccc3Cl)n2)c1. The Balaban J connectivity index is 1.90. The number of aromatic nitrogens is 2. The Morgan fingerprint density at radius 3 is 2.04 bits per heavy atom. The summed E-state index contributed by atoms with van der Waals surface area (Å²) in [6.45, 7) is 3.87. The molecule has 1 aromatic heterocycles. The van der Waals surface area contributed by atoms with E-state index in [0.717, 1.165) is 17.3 Å². The number of nitrogens with one attached hydrogen (secondary N) is 2. The fraction of sp³-hybridized carbons (Fsp3) is 0.111. The van der Waals surface area contributed by atoms with E-state index in [9.17, 15) is 4.39 Å². The number of aryl methyl sites for hydroxylation is 2. The van der Waals surface area contributed by atoms with E-state index in [1.807, 2.05) is 38.1 Å². The zero-order chi connectivity index (χ0) is 18.0. The van der Waals surface area contributed by atoms with Crippen molar-refractivity contribution in [3.8, 4) is 0 Å². The highest BCUT2D eigenvalue weighted by Crippen LogP contribution is 2.29. The van der Waals surface area contributed by atoms with Crippen LogP contribution in [0, 0.1) is 19.7 Å². The van der Waals surface area contributed by atoms with Crippen LogP contribution in [0.5, 0.6) is 0 Å². The lowest BCUT2D eigenvalue weighted by Crippen LogP contribution is -2.04. The standard InChI is InChI=1S/C18H15Cl2FN4/c1-10-3-5-12(19)15(7-10)23-17-14(21)9-22-18(25-17)24-16-8-11(2)4-6-13(16)20/h3-9H,1-2H3,(H2,22,23,24,25). The van der Waals surface area contributed by atoms with Gasteiger partial charge in [-0.25, -0.2) is 9.37 Å². The Morgan fingerprint density at radius 2 is 1.44 bits per heavy atom. The number of nitrogens with zero attached hydrogens (tertiary/aromatic N) is 2. The zero-order valence-corrected chi connectivity index (χ0v) is 15.1. The molecule has 0 fully saturated rings. The molecule has 0 aliphatic rings. The van der Waals surface area contributed by atoms with Gasteiger partial charge in [0.2, 0.25) is 5.95 Å². The van der Waals surface area contributed by atoms with Crippen molar-refractivity contribution >= 4 is 46.3 Å². The molecule has 0 amide bonds. The van der Waals surface area contributed by atoms with Crippen molar-refractivity contribution in [3.05, 3.63) is 69.6 Å². The third kappa shape index (κ3) is 4.18. The van der Waals surface area contributed by atoms with Crippen molar-refractivity contribution in [2.75, 3.05) is 10.6 Å². The van der Waals surface area contributed by atoms with Gasteiger partial charge in [0.25, 0.3) is 0 Å². The second-order valence-corrected chi connectivity index (χ2v) is 6.42. The molecule has 0 saturated carbocycles. The molecule has 25 heavy (non-hydrogen) atoms. The summed E-state index contributed by atoms with van der Waals surface area (Å²) in [5.41, 5.74) is 3.23. The van der Waals surface area contributed by atoms with Gasteiger partial charge in [-0.05, 0) is 49.2 Å². The second-order valence-electron chi connectivity index (χ2n) is 5.61. The number of hydrogen-bond donors (Lipinski definition) is 2. The maximum absolute atomic E-state index is 14.1. The Bertz CT molecular complexity index is 931. The normalized spacial score (nSPS) is 10.6. The Morgan fingerprint density at radius 1 is 0.880 bits per heavy atom. The van der Waals surface area contributed by atoms with Crippen LogP contribution in [-0.2, 0) is 0 Å². The fourth-order valence-corrected chi connectivity index (χ4v) is 2.56. The average Bonchev–Trinajstić information content (AvgIpc) is 2.57. The van der Waals surface area contributed by atoms with Crippen molar-refractivity contribution in [1.29, 1.82) is 0 Å². The molecule has 3 rings (SSSR count). The molecule has 0 spiro atoms. The molecule has 4 nitrogen and oxygen atoms in total. The van der Waals surface area contributed by atoms with Crippen LogP contribution in [0.4, 0.5) is 27.5 Å². The van der Waals surface area contributed by atoms with Crippen LogP contribution in [0.2, 0.25) is 10.0 Å². The van der Waals surface area contributed by atoms with Gasteiger partial charge in [-0.1, -0.05) is 35.3 Å². The van der Waals surface area contributed by atoms with Gasteiger partial charge >= 0.3 is 0 Å². The van der Waals surface area contributed by atoms with Crippen LogP contribution < -0.4 is 10.6 Å². The van der Waals surface area contributed by atoms with Gasteiger partial charge in [0.1, 0.15) is 0 Å². The molecule has 0 bridgehead atoms. The largest absolute Gasteiger partial charge is 0.336 e. The van der Waals surface area contributed by atoms with Gasteiger partial charge in [0.05, 0.1) is 27.6 Å². The predicted molar refractivity (Wildman–Crippen MR) is 101 cm³/mol. The lowest BCUT2D eigenvalue weighted by Gasteiger charge is -2.12. The van der Waals surface area contributed by atoms with Crippen LogP contribution in [0.3, 0.4) is 0 Å². The second kappa shape index (κ2) is 7.25. The quantitative estimate of drug-likeness (QED) is 0.583. The summed E-state index contributed by atoms with van der Waals surface area (Å²) in [5.74, 6) is -0.340. The van der Waals surface area contributed by atoms with Gasteiger partial charge in [0, 0.05) is 0 Å². The number of hydrogen-bond acceptors (Lipinski definition) is 4. The first-order chi connectivity index (χ1) is 11.9. The lowest BCUT2D eigenvalue weighted by atomic mass is 10.2. The van der Waals surface area contributed by atoms with Crippen LogP contribution in [0.1, 0.15) is 11.1 Å². The minimum absolute atomic E-state index is 0.0220. The topological polar surface area (TPSA) is 49.8 Å². The molecule has 0 atom stereocenters. The minimum Gasteiger partial charge on any atom is -0.336 e. The van der Waals surface area contributed by atoms with E-state index >= 15 is 0 Å². The lowest BCUT2D eigenvalue weighted by molar-refractivity contribution is 0.619. The number of benzene rings is 2. The number of rotatable bonds is 4. The van der Waals surface area contributed by atoms with E-state index in [-0.39, 0.29) is 11.8 Å². The van der Waals surface area contributed by atoms with E-state index in [1.165, 1.54) is 0 Å². The van der Waals surface area contributed by atoms with Crippen molar-refractivity contribution in [1.82, 2.24) is 9.97 Å². The van der Waals surface area contributed by atoms with Gasteiger partial charge in [-0.15, -0.1) is 0 Å². The van der Waals surface area contributed by atoms with Crippen LogP contribution in [0.15, 0.2) is 42.6 Å². The first kappa shape index (κ1) is 17.5. The van der Waals surface area contributed by atoms with Crippen molar-refractivity contribution in [3.63, 3.8) is 0 Å². The maximum atomic E-state index is 14.1. The Labute approximate surface area is 155 Å². The summed E-state index contributed by atoms with van der Waals surface area (Å²) in [6.07, 6.45) is 1.09. The van der Waals surface area contributed by atoms with E-state index in [0.29, 0.717) is 21.4 Å². The van der Waals surface area contributed by atoms with Gasteiger partial charge < -0.3 is 10.6 Å². The number of anilines is 4. The third-order valence-corrected chi connectivity index (χ3v) is 4.15. The summed E-state index contributed by atoms with van der Waals surface area (Å²) in [5, 5.41) is 6.90. The monoisotopic (exact) mass is 376 g/mol. The van der Waals surface area contributed by atoms with Crippen LogP contribution >= 0.6 is 23.2 Å². The van der Waals surface area contributed by atoms with Crippen LogP contribution in [0.25, 0.3) is 0 Å². The van der Waals surface area contributed by atoms with E-state index in [2.05, 4.69) is 20.6 Å². The van der Waals surface area contributed by atoms with E-state index < -0.39 is 5.82 Å². The highest BCUT2D eigenvalue weighted by molar-refractivity contribution is 6.33. The molecule has 0 aliphatic heterocycles. The van der Waals surface area contributed by atoms with Gasteiger partial charge in [0.15, 0.2) is 11.6 Å². The van der Waals surface area contributed by atoms with E-state index in [1.54, 1.807) is 12.1 Å². The molecule has 0 unspecified atom stereocenters. The summed E-state index contributed by atoms with van der Waals surface area (Å²) in [6, 6.07) is 11.0. The zero-order valence-electron chi connectivity index (χ0n) is 13.6. The molecule has 2 N–H and O–H groups in total. The van der Waals surface area contributed by atoms with Crippen molar-refractivity contribution in [2.45, 2.75) is 13.8 Å². The molecule has 0 radical (unpaired) electrons. The summed E-state index contributed by atoms with van der Waals surface area (Å²) in [7, 11) is 0. The minimum atomic E-state index is -0.585. The third-order valence-electron chi connectivity index (χ3n) is 3.49. The van der Waals surface area contributed by atoms with Gasteiger partial charge in [-0.2, -0.15) is 4.98 Å². The molecular weight excluding hydrogens is 362 g/mol. The van der Waals surface area contributed by atoms with Crippen molar-refractivity contribution in [2.24, 2.45) is 0 Å². The first-order valence-electron chi connectivity index (χ1n) is 7.51. The molecule has 2 aromatic carbocycles. The molecular formula is C18H15Cl2FN4. The number of halogens is 3. The summed E-state index contributed by atoms with van der Waals surface area (Å²) >= 11 is 12.3. The first-order valence-corrected chi connectivity index (χ1v) is 8.27. The Hall–Kier alpha value is -2.37. The van der Waals surface area contributed by atoms with E-state index in [4.69, 9.17) is 23.2 Å². The average molecular weight is 377 g/mol. The fourth-order valence-electron chi connectivity index (χ4n) is 2.23. The Kier molecular flexibility index (Phi) is 5.06. The smallest absolute Gasteiger partial charge is 0.229 e. The maximum Gasteiger partial charge on any atom is 0.229 e. The van der Waals surface area contributed by atoms with Crippen molar-refractivity contribution < 1.29 is 4.39 Å². The molecule has 128 valence electrons. The summed E-state index contributed by atoms with van der Waals surface area (Å²) < 4.78 is 14.1. The molecule has 0 aliphatic carbocycles. The molecule has 0 saturated heterocycles. The van der Waals surface area contributed by atoms with Crippen LogP contribution in [-0.4, -0.2) is 9.97 Å². The highest BCUT2D eigenvalue weighted by Gasteiger charge is 2.11. The molecule has 1 heterocycles. The molecule has 3 aromatic rings. The highest BCUT2D eigenvalue weighted by atomic mass is 35.5. The van der Waals surface area contributed by atoms with Gasteiger partial charge in [-0.3, -0.25) is 0 Å².